The van der Waals surface area contributed by atoms with E-state index in [2.05, 4.69) is 28.1 Å². The summed E-state index contributed by atoms with van der Waals surface area (Å²) < 4.78 is 0. The van der Waals surface area contributed by atoms with Crippen LogP contribution in [0.1, 0.15) is 0 Å². The Morgan fingerprint density at radius 2 is 1.69 bits per heavy atom. The second-order valence-corrected chi connectivity index (χ2v) is 3.41. The van der Waals surface area contributed by atoms with Gasteiger partial charge in [-0.25, -0.2) is 9.78 Å². The normalized spacial score (nSPS) is 16.4. The Balaban J connectivity index is 2.14. The molecule has 0 bridgehead atoms. The average Bonchev–Trinajstić information content (AvgIpc) is 2.41. The van der Waals surface area contributed by atoms with Crippen molar-refractivity contribution in [3.05, 3.63) is 36.5 Å². The van der Waals surface area contributed by atoms with Crippen LogP contribution >= 0.6 is 15.9 Å². The zero-order chi connectivity index (χ0) is 9.36. The second kappa shape index (κ2) is 7.06. The monoisotopic (exact) mass is 244 g/mol. The van der Waals surface area contributed by atoms with Crippen LogP contribution in [0, 0.1) is 5.92 Å². The Kier molecular flexibility index (Phi) is 5.81. The highest BCUT2D eigenvalue weighted by Crippen LogP contribution is 2.06. The van der Waals surface area contributed by atoms with Crippen LogP contribution in [0.2, 0.25) is 0 Å². The number of allylic oxidation sites excluding steroid dienone is 4. The zero-order valence-electron chi connectivity index (χ0n) is 7.36. The summed E-state index contributed by atoms with van der Waals surface area (Å²) in [6.45, 7) is 1.15. The summed E-state index contributed by atoms with van der Waals surface area (Å²) >= 11 is 3.25. The van der Waals surface area contributed by atoms with E-state index in [1.807, 2.05) is 24.3 Å². The van der Waals surface area contributed by atoms with Gasteiger partial charge in [0.25, 0.3) is 0 Å². The molecule has 0 unspecified atom stereocenters. The van der Waals surface area contributed by atoms with Crippen LogP contribution in [-0.2, 0) is 9.78 Å². The van der Waals surface area contributed by atoms with Gasteiger partial charge in [0.1, 0.15) is 0 Å². The lowest BCUT2D eigenvalue weighted by Crippen LogP contribution is -2.06. The van der Waals surface area contributed by atoms with Crippen LogP contribution in [0.3, 0.4) is 0 Å². The number of hydrogen-bond acceptors (Lipinski definition) is 2. The van der Waals surface area contributed by atoms with E-state index >= 15 is 0 Å². The molecule has 0 aromatic heterocycles. The Hall–Kier alpha value is -0.380. The first kappa shape index (κ1) is 10.7. The standard InChI is InChI=1S/C10H13BrO2/c11-7-8-12-13-9-10-5-3-1-2-4-6-10/h1-6,10H,7-9H2. The lowest BCUT2D eigenvalue weighted by atomic mass is 10.1. The van der Waals surface area contributed by atoms with Gasteiger partial charge in [-0.15, -0.1) is 0 Å². The number of alkyl halides is 1. The molecule has 1 aliphatic carbocycles. The minimum atomic E-state index is 0.310. The molecule has 0 amide bonds. The van der Waals surface area contributed by atoms with Gasteiger partial charge in [0.15, 0.2) is 0 Å². The van der Waals surface area contributed by atoms with Crippen molar-refractivity contribution in [1.29, 1.82) is 0 Å². The number of rotatable bonds is 5. The van der Waals surface area contributed by atoms with Crippen molar-refractivity contribution < 1.29 is 9.78 Å². The Bertz CT molecular complexity index is 193. The second-order valence-electron chi connectivity index (χ2n) is 2.61. The van der Waals surface area contributed by atoms with E-state index < -0.39 is 0 Å². The minimum Gasteiger partial charge on any atom is -0.236 e. The molecule has 3 heteroatoms. The van der Waals surface area contributed by atoms with E-state index in [0.29, 0.717) is 19.1 Å². The summed E-state index contributed by atoms with van der Waals surface area (Å²) in [4.78, 5) is 9.90. The van der Waals surface area contributed by atoms with Crippen molar-refractivity contribution in [1.82, 2.24) is 0 Å². The molecule has 0 aromatic rings. The van der Waals surface area contributed by atoms with Crippen LogP contribution in [0.5, 0.6) is 0 Å². The van der Waals surface area contributed by atoms with Crippen molar-refractivity contribution in [2.24, 2.45) is 5.92 Å². The highest BCUT2D eigenvalue weighted by atomic mass is 79.9. The molecule has 0 atom stereocenters. The summed E-state index contributed by atoms with van der Waals surface area (Å²) in [5.41, 5.74) is 0. The van der Waals surface area contributed by atoms with Gasteiger partial charge in [0.2, 0.25) is 0 Å². The SMILES string of the molecule is BrCCOOCC1C=CC=CC=C1. The first-order chi connectivity index (χ1) is 6.43. The molecule has 0 fully saturated rings. The number of halogens is 1. The molecule has 0 heterocycles. The van der Waals surface area contributed by atoms with E-state index in [4.69, 9.17) is 9.78 Å². The Labute approximate surface area is 87.0 Å². The van der Waals surface area contributed by atoms with Gasteiger partial charge >= 0.3 is 0 Å². The quantitative estimate of drug-likeness (QED) is 0.321. The third-order valence-corrected chi connectivity index (χ3v) is 1.88. The third-order valence-electron chi connectivity index (χ3n) is 1.55. The first-order valence-electron chi connectivity index (χ1n) is 4.25. The van der Waals surface area contributed by atoms with Crippen molar-refractivity contribution >= 4 is 15.9 Å². The Morgan fingerprint density at radius 1 is 1.00 bits per heavy atom. The maximum absolute atomic E-state index is 5.01. The van der Waals surface area contributed by atoms with Crippen molar-refractivity contribution in [3.8, 4) is 0 Å². The highest BCUT2D eigenvalue weighted by molar-refractivity contribution is 9.09. The fourth-order valence-electron chi connectivity index (χ4n) is 0.934. The van der Waals surface area contributed by atoms with Gasteiger partial charge in [-0.1, -0.05) is 52.4 Å². The molecule has 0 saturated carbocycles. The molecule has 0 spiro atoms. The van der Waals surface area contributed by atoms with Crippen LogP contribution in [0.4, 0.5) is 0 Å². The number of hydrogen-bond donors (Lipinski definition) is 0. The fourth-order valence-corrected chi connectivity index (χ4v) is 1.07. The van der Waals surface area contributed by atoms with Crippen LogP contribution < -0.4 is 0 Å². The smallest absolute Gasteiger partial charge is 0.0919 e. The van der Waals surface area contributed by atoms with E-state index in [0.717, 1.165) is 5.33 Å². The lowest BCUT2D eigenvalue weighted by molar-refractivity contribution is -0.292. The molecule has 1 rings (SSSR count). The largest absolute Gasteiger partial charge is 0.236 e. The summed E-state index contributed by atoms with van der Waals surface area (Å²) in [7, 11) is 0. The van der Waals surface area contributed by atoms with Crippen LogP contribution in [0.25, 0.3) is 0 Å². The van der Waals surface area contributed by atoms with Crippen LogP contribution in [0.15, 0.2) is 36.5 Å². The summed E-state index contributed by atoms with van der Waals surface area (Å²) in [5.74, 6) is 0.310. The minimum absolute atomic E-state index is 0.310. The maximum Gasteiger partial charge on any atom is 0.0919 e. The van der Waals surface area contributed by atoms with Crippen molar-refractivity contribution in [2.45, 2.75) is 0 Å². The fraction of sp³-hybridized carbons (Fsp3) is 0.400. The predicted molar refractivity (Wildman–Crippen MR) is 56.6 cm³/mol. The Morgan fingerprint density at radius 3 is 2.31 bits per heavy atom. The molecule has 0 aliphatic heterocycles. The summed E-state index contributed by atoms with van der Waals surface area (Å²) in [5, 5.41) is 0.797. The molecule has 1 aliphatic rings. The summed E-state index contributed by atoms with van der Waals surface area (Å²) in [6, 6.07) is 0. The topological polar surface area (TPSA) is 18.5 Å². The van der Waals surface area contributed by atoms with Crippen molar-refractivity contribution in [3.63, 3.8) is 0 Å². The molecular formula is C10H13BrO2. The molecule has 0 radical (unpaired) electrons. The molecule has 0 aromatic carbocycles. The molecule has 0 saturated heterocycles. The van der Waals surface area contributed by atoms with E-state index in [-0.39, 0.29) is 0 Å². The molecule has 13 heavy (non-hydrogen) atoms. The van der Waals surface area contributed by atoms with E-state index in [1.165, 1.54) is 0 Å². The van der Waals surface area contributed by atoms with Gasteiger partial charge in [0.05, 0.1) is 13.2 Å². The van der Waals surface area contributed by atoms with Gasteiger partial charge in [-0.3, -0.25) is 0 Å². The van der Waals surface area contributed by atoms with Gasteiger partial charge in [-0.2, -0.15) is 0 Å². The van der Waals surface area contributed by atoms with E-state index in [9.17, 15) is 0 Å². The van der Waals surface area contributed by atoms with Gasteiger partial charge < -0.3 is 0 Å². The highest BCUT2D eigenvalue weighted by Gasteiger charge is 2.01. The average molecular weight is 245 g/mol. The first-order valence-corrected chi connectivity index (χ1v) is 5.37. The zero-order valence-corrected chi connectivity index (χ0v) is 8.94. The van der Waals surface area contributed by atoms with Crippen molar-refractivity contribution in [2.75, 3.05) is 18.5 Å². The van der Waals surface area contributed by atoms with E-state index in [1.54, 1.807) is 0 Å². The predicted octanol–water partition coefficient (Wildman–Crippen LogP) is 2.63. The summed E-state index contributed by atoms with van der Waals surface area (Å²) in [6.07, 6.45) is 12.2. The lowest BCUT2D eigenvalue weighted by Gasteiger charge is -2.06. The molecular weight excluding hydrogens is 232 g/mol. The molecule has 2 nitrogen and oxygen atoms in total. The third kappa shape index (κ3) is 5.03. The van der Waals surface area contributed by atoms with Gasteiger partial charge in [-0.05, 0) is 0 Å². The van der Waals surface area contributed by atoms with Crippen LogP contribution in [-0.4, -0.2) is 18.5 Å². The van der Waals surface area contributed by atoms with Gasteiger partial charge in [0, 0.05) is 11.2 Å². The molecule has 0 N–H and O–H groups in total. The maximum atomic E-state index is 5.01. The molecule has 72 valence electrons.